The number of anilines is 1. The summed E-state index contributed by atoms with van der Waals surface area (Å²) in [4.78, 5) is 15.9. The highest BCUT2D eigenvalue weighted by atomic mass is 32.2. The Morgan fingerprint density at radius 1 is 1.30 bits per heavy atom. The van der Waals surface area contributed by atoms with E-state index in [9.17, 15) is 0 Å². The Hall–Kier alpha value is -2.28. The van der Waals surface area contributed by atoms with Crippen molar-refractivity contribution in [2.24, 2.45) is 0 Å². The second kappa shape index (κ2) is 5.38. The number of nitrogen functional groups attached to an aromatic ring is 1. The van der Waals surface area contributed by atoms with E-state index in [0.29, 0.717) is 23.2 Å². The van der Waals surface area contributed by atoms with Gasteiger partial charge in [-0.3, -0.25) is 0 Å². The molecule has 0 spiro atoms. The summed E-state index contributed by atoms with van der Waals surface area (Å²) >= 11 is 1.36. The molecule has 0 atom stereocenters. The van der Waals surface area contributed by atoms with Crippen LogP contribution in [0.1, 0.15) is 6.92 Å². The van der Waals surface area contributed by atoms with Crippen LogP contribution < -0.4 is 10.5 Å². The monoisotopic (exact) mass is 287 g/mol. The lowest BCUT2D eigenvalue weighted by Crippen LogP contribution is -2.02. The summed E-state index contributed by atoms with van der Waals surface area (Å²) in [6, 6.07) is 7.83. The first-order chi connectivity index (χ1) is 9.78. The Balaban J connectivity index is 1.92. The molecule has 0 aliphatic heterocycles. The van der Waals surface area contributed by atoms with Crippen LogP contribution in [0.2, 0.25) is 0 Å². The number of hydrogen-bond donors (Lipinski definition) is 2. The topological polar surface area (TPSA) is 89.7 Å². The lowest BCUT2D eigenvalue weighted by Gasteiger charge is -2.07. The first-order valence-corrected chi connectivity index (χ1v) is 6.95. The van der Waals surface area contributed by atoms with Crippen molar-refractivity contribution in [3.8, 4) is 5.88 Å². The summed E-state index contributed by atoms with van der Waals surface area (Å²) in [6.07, 6.45) is 1.44. The number of H-pyrrole nitrogens is 1. The van der Waals surface area contributed by atoms with Gasteiger partial charge in [0.15, 0.2) is 5.16 Å². The van der Waals surface area contributed by atoms with E-state index in [1.165, 1.54) is 18.1 Å². The van der Waals surface area contributed by atoms with Gasteiger partial charge in [-0.15, -0.1) is 0 Å². The molecule has 0 aliphatic rings. The zero-order valence-corrected chi connectivity index (χ0v) is 11.6. The molecule has 0 amide bonds. The largest absolute Gasteiger partial charge is 0.476 e. The van der Waals surface area contributed by atoms with Crippen LogP contribution >= 0.6 is 11.8 Å². The molecule has 2 aromatic heterocycles. The molecule has 3 N–H and O–H groups in total. The maximum absolute atomic E-state index is 6.00. The maximum Gasteiger partial charge on any atom is 0.241 e. The van der Waals surface area contributed by atoms with Crippen molar-refractivity contribution in [1.82, 2.24) is 19.9 Å². The van der Waals surface area contributed by atoms with Crippen LogP contribution in [0.5, 0.6) is 5.88 Å². The van der Waals surface area contributed by atoms with Crippen LogP contribution in [-0.2, 0) is 0 Å². The first kappa shape index (κ1) is 12.7. The van der Waals surface area contributed by atoms with E-state index in [1.807, 2.05) is 31.2 Å². The molecule has 0 radical (unpaired) electrons. The summed E-state index contributed by atoms with van der Waals surface area (Å²) in [5, 5.41) is 1.36. The molecule has 0 bridgehead atoms. The van der Waals surface area contributed by atoms with Crippen molar-refractivity contribution >= 4 is 28.5 Å². The first-order valence-electron chi connectivity index (χ1n) is 6.14. The van der Waals surface area contributed by atoms with Gasteiger partial charge in [-0.1, -0.05) is 12.1 Å². The number of aromatic nitrogens is 4. The molecular formula is C13H13N5OS. The molecule has 3 rings (SSSR count). The van der Waals surface area contributed by atoms with Crippen molar-refractivity contribution in [3.63, 3.8) is 0 Å². The van der Waals surface area contributed by atoms with Gasteiger partial charge in [0.1, 0.15) is 17.0 Å². The fourth-order valence-electron chi connectivity index (χ4n) is 1.77. The molecular weight excluding hydrogens is 274 g/mol. The predicted octanol–water partition coefficient (Wildman–Crippen LogP) is 2.48. The van der Waals surface area contributed by atoms with Crippen molar-refractivity contribution in [2.45, 2.75) is 17.1 Å². The molecule has 1 aromatic carbocycles. The Kier molecular flexibility index (Phi) is 3.42. The maximum atomic E-state index is 6.00. The van der Waals surface area contributed by atoms with E-state index in [2.05, 4.69) is 19.9 Å². The van der Waals surface area contributed by atoms with E-state index in [-0.39, 0.29) is 0 Å². The average Bonchev–Trinajstić information content (AvgIpc) is 2.86. The normalized spacial score (nSPS) is 10.8. The highest BCUT2D eigenvalue weighted by molar-refractivity contribution is 7.99. The van der Waals surface area contributed by atoms with E-state index < -0.39 is 0 Å². The molecule has 3 aromatic rings. The standard InChI is InChI=1S/C13H13N5OS/c1-2-19-11-10(14)12(16-7-15-11)20-13-17-8-5-3-4-6-9(8)18-13/h3-7H,2,14H2,1H3,(H,17,18). The average molecular weight is 287 g/mol. The highest BCUT2D eigenvalue weighted by Gasteiger charge is 2.12. The minimum absolute atomic E-state index is 0.404. The van der Waals surface area contributed by atoms with Gasteiger partial charge in [0.25, 0.3) is 0 Å². The van der Waals surface area contributed by atoms with Crippen LogP contribution in [0.4, 0.5) is 5.69 Å². The third kappa shape index (κ3) is 2.39. The second-order valence-electron chi connectivity index (χ2n) is 3.99. The number of hydrogen-bond acceptors (Lipinski definition) is 6. The van der Waals surface area contributed by atoms with Crippen LogP contribution in [0.15, 0.2) is 40.8 Å². The molecule has 2 heterocycles. The lowest BCUT2D eigenvalue weighted by atomic mass is 10.3. The van der Waals surface area contributed by atoms with Gasteiger partial charge in [-0.25, -0.2) is 9.97 Å². The van der Waals surface area contributed by atoms with E-state index in [1.54, 1.807) is 0 Å². The second-order valence-corrected chi connectivity index (χ2v) is 4.97. The van der Waals surface area contributed by atoms with Gasteiger partial charge < -0.3 is 15.5 Å². The number of ether oxygens (including phenoxy) is 1. The summed E-state index contributed by atoms with van der Waals surface area (Å²) in [5.74, 6) is 0.404. The van der Waals surface area contributed by atoms with E-state index in [0.717, 1.165) is 16.2 Å². The fraction of sp³-hybridized carbons (Fsp3) is 0.154. The predicted molar refractivity (Wildman–Crippen MR) is 77.8 cm³/mol. The Labute approximate surface area is 119 Å². The third-order valence-corrected chi connectivity index (χ3v) is 3.56. The minimum Gasteiger partial charge on any atom is -0.476 e. The zero-order chi connectivity index (χ0) is 13.9. The number of nitrogens with zero attached hydrogens (tertiary/aromatic N) is 3. The number of nitrogens with one attached hydrogen (secondary N) is 1. The Morgan fingerprint density at radius 2 is 2.15 bits per heavy atom. The molecule has 0 saturated heterocycles. The smallest absolute Gasteiger partial charge is 0.241 e. The minimum atomic E-state index is 0.404. The number of fused-ring (bicyclic) bond motifs is 1. The van der Waals surface area contributed by atoms with Crippen molar-refractivity contribution in [1.29, 1.82) is 0 Å². The number of imidazole rings is 1. The highest BCUT2D eigenvalue weighted by Crippen LogP contribution is 2.33. The quantitative estimate of drug-likeness (QED) is 0.716. The summed E-state index contributed by atoms with van der Waals surface area (Å²) in [5.41, 5.74) is 8.32. The molecule has 7 heteroatoms. The fourth-order valence-corrected chi connectivity index (χ4v) is 2.55. The van der Waals surface area contributed by atoms with E-state index in [4.69, 9.17) is 10.5 Å². The number of aromatic amines is 1. The van der Waals surface area contributed by atoms with Crippen LogP contribution in [-0.4, -0.2) is 26.5 Å². The van der Waals surface area contributed by atoms with Gasteiger partial charge in [0, 0.05) is 0 Å². The van der Waals surface area contributed by atoms with Gasteiger partial charge in [-0.2, -0.15) is 4.98 Å². The van der Waals surface area contributed by atoms with Gasteiger partial charge >= 0.3 is 0 Å². The summed E-state index contributed by atoms with van der Waals surface area (Å²) < 4.78 is 5.35. The van der Waals surface area contributed by atoms with Gasteiger partial charge in [0.2, 0.25) is 5.88 Å². The van der Waals surface area contributed by atoms with Gasteiger partial charge in [-0.05, 0) is 30.8 Å². The summed E-state index contributed by atoms with van der Waals surface area (Å²) in [6.45, 7) is 2.39. The molecule has 20 heavy (non-hydrogen) atoms. The molecule has 0 saturated carbocycles. The van der Waals surface area contributed by atoms with Crippen LogP contribution in [0, 0.1) is 0 Å². The van der Waals surface area contributed by atoms with Crippen LogP contribution in [0.25, 0.3) is 11.0 Å². The van der Waals surface area contributed by atoms with Crippen molar-refractivity contribution in [3.05, 3.63) is 30.6 Å². The lowest BCUT2D eigenvalue weighted by molar-refractivity contribution is 0.327. The molecule has 0 fully saturated rings. The number of nitrogens with two attached hydrogens (primary N) is 1. The van der Waals surface area contributed by atoms with E-state index >= 15 is 0 Å². The number of rotatable bonds is 4. The third-order valence-electron chi connectivity index (χ3n) is 2.65. The Bertz CT molecular complexity index is 709. The van der Waals surface area contributed by atoms with Crippen molar-refractivity contribution in [2.75, 3.05) is 12.3 Å². The van der Waals surface area contributed by atoms with Crippen molar-refractivity contribution < 1.29 is 4.74 Å². The molecule has 6 nitrogen and oxygen atoms in total. The Morgan fingerprint density at radius 3 is 2.95 bits per heavy atom. The zero-order valence-electron chi connectivity index (χ0n) is 10.8. The molecule has 0 aliphatic carbocycles. The molecule has 102 valence electrons. The summed E-state index contributed by atoms with van der Waals surface area (Å²) in [7, 11) is 0. The van der Waals surface area contributed by atoms with Gasteiger partial charge in [0.05, 0.1) is 17.6 Å². The van der Waals surface area contributed by atoms with Crippen LogP contribution in [0.3, 0.4) is 0 Å². The SMILES string of the molecule is CCOc1ncnc(Sc2nc3ccccc3[nH]2)c1N. The molecule has 0 unspecified atom stereocenters. The number of benzene rings is 1. The number of para-hydroxylation sites is 2.